The number of carbonyl (C=O) groups is 2. The first-order valence-corrected chi connectivity index (χ1v) is 12.1. The van der Waals surface area contributed by atoms with Gasteiger partial charge in [0.05, 0.1) is 16.3 Å². The van der Waals surface area contributed by atoms with Gasteiger partial charge in [-0.3, -0.25) is 9.59 Å². The van der Waals surface area contributed by atoms with Crippen molar-refractivity contribution in [3.8, 4) is 0 Å². The van der Waals surface area contributed by atoms with Crippen molar-refractivity contribution in [2.24, 2.45) is 5.92 Å². The summed E-state index contributed by atoms with van der Waals surface area (Å²) in [4.78, 5) is 28.3. The highest BCUT2D eigenvalue weighted by atomic mass is 35.5. The van der Waals surface area contributed by atoms with Crippen LogP contribution in [0.25, 0.3) is 0 Å². The summed E-state index contributed by atoms with van der Waals surface area (Å²) in [6, 6.07) is 17.1. The zero-order valence-corrected chi connectivity index (χ0v) is 19.1. The fourth-order valence-corrected chi connectivity index (χ4v) is 5.25. The highest BCUT2D eigenvalue weighted by molar-refractivity contribution is 7.98. The number of hydrogen-bond donors (Lipinski definition) is 1. The molecule has 4 rings (SSSR count). The largest absolute Gasteiger partial charge is 0.339 e. The first kappa shape index (κ1) is 21.8. The molecule has 1 aliphatic rings. The van der Waals surface area contributed by atoms with E-state index in [9.17, 15) is 9.59 Å². The van der Waals surface area contributed by atoms with Crippen molar-refractivity contribution in [2.45, 2.75) is 23.5 Å². The number of halogens is 1. The van der Waals surface area contributed by atoms with Crippen LogP contribution in [0.3, 0.4) is 0 Å². The molecule has 6 nitrogen and oxygen atoms in total. The number of hydrogen-bond acceptors (Lipinski definition) is 6. The molecule has 1 aliphatic heterocycles. The van der Waals surface area contributed by atoms with Gasteiger partial charge >= 0.3 is 0 Å². The number of likely N-dealkylation sites (tertiary alicyclic amines) is 1. The number of aromatic nitrogens is 2. The van der Waals surface area contributed by atoms with Crippen LogP contribution in [0.4, 0.5) is 5.13 Å². The second-order valence-corrected chi connectivity index (χ2v) is 9.66. The number of amides is 2. The van der Waals surface area contributed by atoms with Crippen molar-refractivity contribution in [2.75, 3.05) is 18.4 Å². The van der Waals surface area contributed by atoms with E-state index in [0.29, 0.717) is 47.4 Å². The molecule has 1 aromatic heterocycles. The summed E-state index contributed by atoms with van der Waals surface area (Å²) in [5.41, 5.74) is 0.502. The molecular weight excluding hydrogens is 452 g/mol. The predicted octanol–water partition coefficient (Wildman–Crippen LogP) is 4.97. The first-order chi connectivity index (χ1) is 15.1. The van der Waals surface area contributed by atoms with Gasteiger partial charge in [0, 0.05) is 23.9 Å². The molecular formula is C22H21ClN4O2S2. The maximum atomic E-state index is 12.7. The fraction of sp³-hybridized carbons (Fsp3) is 0.273. The van der Waals surface area contributed by atoms with E-state index in [1.165, 1.54) is 16.2 Å². The van der Waals surface area contributed by atoms with Gasteiger partial charge in [-0.15, -0.1) is 22.0 Å². The Morgan fingerprint density at radius 2 is 1.77 bits per heavy atom. The van der Waals surface area contributed by atoms with E-state index in [2.05, 4.69) is 27.6 Å². The molecule has 0 aliphatic carbocycles. The Morgan fingerprint density at radius 3 is 2.52 bits per heavy atom. The normalized spacial score (nSPS) is 14.4. The summed E-state index contributed by atoms with van der Waals surface area (Å²) < 4.78 is 0. The molecule has 2 aromatic carbocycles. The Bertz CT molecular complexity index is 1050. The summed E-state index contributed by atoms with van der Waals surface area (Å²) in [5, 5.41) is 13.0. The third kappa shape index (κ3) is 5.64. The number of nitrogens with zero attached hydrogens (tertiary/aromatic N) is 3. The van der Waals surface area contributed by atoms with Gasteiger partial charge < -0.3 is 10.2 Å². The van der Waals surface area contributed by atoms with Crippen LogP contribution in [0.5, 0.6) is 0 Å². The maximum absolute atomic E-state index is 12.7. The number of thioether (sulfide) groups is 1. The van der Waals surface area contributed by atoms with E-state index < -0.39 is 0 Å². The molecule has 3 aromatic rings. The zero-order chi connectivity index (χ0) is 21.6. The van der Waals surface area contributed by atoms with Gasteiger partial charge in [-0.25, -0.2) is 0 Å². The van der Waals surface area contributed by atoms with E-state index in [-0.39, 0.29) is 17.7 Å². The molecule has 1 saturated heterocycles. The minimum absolute atomic E-state index is 0.0664. The van der Waals surface area contributed by atoms with Crippen molar-refractivity contribution in [1.29, 1.82) is 0 Å². The molecule has 31 heavy (non-hydrogen) atoms. The van der Waals surface area contributed by atoms with E-state index in [1.54, 1.807) is 40.9 Å². The Kier molecular flexibility index (Phi) is 7.21. The van der Waals surface area contributed by atoms with Crippen LogP contribution < -0.4 is 5.32 Å². The zero-order valence-electron chi connectivity index (χ0n) is 16.7. The van der Waals surface area contributed by atoms with Crippen molar-refractivity contribution < 1.29 is 9.59 Å². The Hall–Kier alpha value is -2.42. The summed E-state index contributed by atoms with van der Waals surface area (Å²) >= 11 is 9.22. The maximum Gasteiger partial charge on any atom is 0.255 e. The van der Waals surface area contributed by atoms with Crippen molar-refractivity contribution in [3.63, 3.8) is 0 Å². The standard InChI is InChI=1S/C22H21ClN4O2S2/c23-18-9-5-4-8-17(18)21(29)27-12-10-15(11-13-27)20(28)24-22-26-25-19(31-22)14-30-16-6-2-1-3-7-16/h1-9,15H,10-14H2,(H,24,26,28). The molecule has 2 heterocycles. The third-order valence-electron chi connectivity index (χ3n) is 5.06. The molecule has 0 atom stereocenters. The summed E-state index contributed by atoms with van der Waals surface area (Å²) in [6.45, 7) is 1.05. The third-order valence-corrected chi connectivity index (χ3v) is 7.43. The monoisotopic (exact) mass is 472 g/mol. The highest BCUT2D eigenvalue weighted by Crippen LogP contribution is 2.27. The van der Waals surface area contributed by atoms with E-state index >= 15 is 0 Å². The van der Waals surface area contributed by atoms with Crippen LogP contribution in [-0.4, -0.2) is 40.0 Å². The number of anilines is 1. The number of benzene rings is 2. The number of carbonyl (C=O) groups excluding carboxylic acids is 2. The molecule has 0 saturated carbocycles. The second-order valence-electron chi connectivity index (χ2n) is 7.14. The summed E-state index contributed by atoms with van der Waals surface area (Å²) in [6.07, 6.45) is 1.22. The molecule has 2 amide bonds. The highest BCUT2D eigenvalue weighted by Gasteiger charge is 2.29. The number of piperidine rings is 1. The van der Waals surface area contributed by atoms with Gasteiger partial charge in [0.2, 0.25) is 11.0 Å². The quantitative estimate of drug-likeness (QED) is 0.512. The number of rotatable bonds is 6. The molecule has 0 unspecified atom stereocenters. The van der Waals surface area contributed by atoms with Crippen LogP contribution in [0.15, 0.2) is 59.5 Å². The molecule has 160 valence electrons. The minimum atomic E-state index is -0.152. The number of nitrogens with one attached hydrogen (secondary N) is 1. The van der Waals surface area contributed by atoms with E-state index in [4.69, 9.17) is 11.6 Å². The van der Waals surface area contributed by atoms with Crippen LogP contribution >= 0.6 is 34.7 Å². The van der Waals surface area contributed by atoms with Gasteiger partial charge in [-0.1, -0.05) is 53.3 Å². The lowest BCUT2D eigenvalue weighted by molar-refractivity contribution is -0.121. The first-order valence-electron chi connectivity index (χ1n) is 9.95. The van der Waals surface area contributed by atoms with Crippen molar-refractivity contribution in [3.05, 3.63) is 70.2 Å². The van der Waals surface area contributed by atoms with Crippen molar-refractivity contribution >= 4 is 51.6 Å². The summed E-state index contributed by atoms with van der Waals surface area (Å²) in [7, 11) is 0. The Morgan fingerprint density at radius 1 is 1.06 bits per heavy atom. The lowest BCUT2D eigenvalue weighted by Crippen LogP contribution is -2.41. The van der Waals surface area contributed by atoms with Crippen LogP contribution in [0.2, 0.25) is 5.02 Å². The molecule has 0 radical (unpaired) electrons. The van der Waals surface area contributed by atoms with Gasteiger partial charge in [-0.2, -0.15) is 0 Å². The SMILES string of the molecule is O=C(Nc1nnc(CSc2ccccc2)s1)C1CCN(C(=O)c2ccccc2Cl)CC1. The lowest BCUT2D eigenvalue weighted by Gasteiger charge is -2.31. The molecule has 9 heteroatoms. The molecule has 0 bridgehead atoms. The fourth-order valence-electron chi connectivity index (χ4n) is 3.38. The summed E-state index contributed by atoms with van der Waals surface area (Å²) in [5.74, 6) is 0.402. The van der Waals surface area contributed by atoms with Crippen LogP contribution in [0.1, 0.15) is 28.2 Å². The van der Waals surface area contributed by atoms with E-state index in [0.717, 1.165) is 5.01 Å². The molecule has 1 fully saturated rings. The Balaban J connectivity index is 1.26. The molecule has 0 spiro atoms. The average Bonchev–Trinajstić information content (AvgIpc) is 3.25. The lowest BCUT2D eigenvalue weighted by atomic mass is 9.95. The second kappa shape index (κ2) is 10.3. The van der Waals surface area contributed by atoms with Crippen LogP contribution in [-0.2, 0) is 10.5 Å². The smallest absolute Gasteiger partial charge is 0.255 e. The van der Waals surface area contributed by atoms with Crippen LogP contribution in [0, 0.1) is 5.92 Å². The Labute approximate surface area is 194 Å². The molecule has 1 N–H and O–H groups in total. The average molecular weight is 473 g/mol. The minimum Gasteiger partial charge on any atom is -0.339 e. The van der Waals surface area contributed by atoms with E-state index in [1.807, 2.05) is 18.2 Å². The van der Waals surface area contributed by atoms with Crippen molar-refractivity contribution in [1.82, 2.24) is 15.1 Å². The van der Waals surface area contributed by atoms with Gasteiger partial charge in [0.1, 0.15) is 5.01 Å². The van der Waals surface area contributed by atoms with Gasteiger partial charge in [0.15, 0.2) is 0 Å². The predicted molar refractivity (Wildman–Crippen MR) is 125 cm³/mol. The van der Waals surface area contributed by atoms with Gasteiger partial charge in [-0.05, 0) is 37.1 Å². The van der Waals surface area contributed by atoms with Gasteiger partial charge in [0.25, 0.3) is 5.91 Å². The topological polar surface area (TPSA) is 75.2 Å².